The maximum absolute atomic E-state index is 11.4. The van der Waals surface area contributed by atoms with Crippen LogP contribution in [0.25, 0.3) is 0 Å². The molecule has 0 spiro atoms. The summed E-state index contributed by atoms with van der Waals surface area (Å²) in [6.07, 6.45) is 1.16. The van der Waals surface area contributed by atoms with Gasteiger partial charge in [0.1, 0.15) is 4.88 Å². The highest BCUT2D eigenvalue weighted by Crippen LogP contribution is 2.29. The highest BCUT2D eigenvalue weighted by Gasteiger charge is 2.14. The van der Waals surface area contributed by atoms with Crippen molar-refractivity contribution in [2.45, 2.75) is 20.3 Å². The Morgan fingerprint density at radius 2 is 2.21 bits per heavy atom. The zero-order chi connectivity index (χ0) is 14.3. The number of anilines is 2. The van der Waals surface area contributed by atoms with Crippen LogP contribution < -0.4 is 11.1 Å². The largest absolute Gasteiger partial charge is 0.465 e. The predicted molar refractivity (Wildman–Crippen MR) is 81.0 cm³/mol. The number of hydrogen-bond acceptors (Lipinski definition) is 6. The molecule has 1 heterocycles. The first-order valence-corrected chi connectivity index (χ1v) is 7.37. The number of methoxy groups -OCH3 is 1. The van der Waals surface area contributed by atoms with E-state index in [1.165, 1.54) is 18.4 Å². The number of rotatable bonds is 8. The lowest BCUT2D eigenvalue weighted by Gasteiger charge is -2.19. The van der Waals surface area contributed by atoms with E-state index in [9.17, 15) is 4.79 Å². The van der Waals surface area contributed by atoms with Crippen molar-refractivity contribution >= 4 is 28.0 Å². The molecular formula is C13H23N3O2S. The lowest BCUT2D eigenvalue weighted by atomic mass is 10.4. The molecule has 108 valence electrons. The minimum absolute atomic E-state index is 0.378. The van der Waals surface area contributed by atoms with Crippen LogP contribution in [0, 0.1) is 0 Å². The Hall–Kier alpha value is -1.27. The Morgan fingerprint density at radius 1 is 1.47 bits per heavy atom. The van der Waals surface area contributed by atoms with E-state index < -0.39 is 0 Å². The van der Waals surface area contributed by atoms with E-state index in [2.05, 4.69) is 28.8 Å². The van der Waals surface area contributed by atoms with Gasteiger partial charge in [0.25, 0.3) is 0 Å². The fourth-order valence-corrected chi connectivity index (χ4v) is 2.75. The molecule has 3 N–H and O–H groups in total. The summed E-state index contributed by atoms with van der Waals surface area (Å²) in [4.78, 5) is 14.3. The van der Waals surface area contributed by atoms with Gasteiger partial charge in [0, 0.05) is 13.1 Å². The van der Waals surface area contributed by atoms with Gasteiger partial charge in [0.15, 0.2) is 0 Å². The van der Waals surface area contributed by atoms with Gasteiger partial charge in [0.05, 0.1) is 17.8 Å². The second-order valence-electron chi connectivity index (χ2n) is 4.25. The fraction of sp³-hybridized carbons (Fsp3) is 0.615. The molecule has 0 radical (unpaired) electrons. The van der Waals surface area contributed by atoms with Gasteiger partial charge >= 0.3 is 5.97 Å². The van der Waals surface area contributed by atoms with Gasteiger partial charge in [-0.1, -0.05) is 13.8 Å². The molecule has 0 amide bonds. The van der Waals surface area contributed by atoms with Crippen molar-refractivity contribution in [2.75, 3.05) is 44.3 Å². The molecule has 1 aromatic heterocycles. The summed E-state index contributed by atoms with van der Waals surface area (Å²) in [5, 5.41) is 4.20. The Morgan fingerprint density at radius 3 is 2.79 bits per heavy atom. The minimum Gasteiger partial charge on any atom is -0.465 e. The molecule has 0 aliphatic carbocycles. The number of hydrogen-bond donors (Lipinski definition) is 2. The van der Waals surface area contributed by atoms with E-state index in [4.69, 9.17) is 5.73 Å². The van der Waals surface area contributed by atoms with Gasteiger partial charge in [0.2, 0.25) is 0 Å². The van der Waals surface area contributed by atoms with Crippen molar-refractivity contribution < 1.29 is 9.53 Å². The number of nitrogens with zero attached hydrogens (tertiary/aromatic N) is 1. The number of nitrogens with one attached hydrogen (secondary N) is 1. The van der Waals surface area contributed by atoms with Gasteiger partial charge in [-0.3, -0.25) is 0 Å². The second kappa shape index (κ2) is 8.01. The number of thiophene rings is 1. The van der Waals surface area contributed by atoms with Crippen LogP contribution in [0.1, 0.15) is 29.9 Å². The smallest absolute Gasteiger partial charge is 0.350 e. The van der Waals surface area contributed by atoms with Crippen LogP contribution in [0.15, 0.2) is 6.07 Å². The number of nitrogens with two attached hydrogens (primary N) is 1. The van der Waals surface area contributed by atoms with E-state index in [0.29, 0.717) is 10.6 Å². The second-order valence-corrected chi connectivity index (χ2v) is 5.30. The number of carbonyl (C=O) groups is 1. The predicted octanol–water partition coefficient (Wildman–Crippen LogP) is 2.26. The Labute approximate surface area is 118 Å². The van der Waals surface area contributed by atoms with Crippen LogP contribution in [-0.4, -0.2) is 44.2 Å². The van der Waals surface area contributed by atoms with Gasteiger partial charge in [-0.25, -0.2) is 4.79 Å². The van der Waals surface area contributed by atoms with E-state index in [1.807, 2.05) is 0 Å². The molecule has 5 nitrogen and oxygen atoms in total. The lowest BCUT2D eigenvalue weighted by Crippen LogP contribution is -2.29. The molecule has 0 atom stereocenters. The SMILES string of the molecule is CCCN(CC)CCNc1cc(N)c(C(=O)OC)s1. The standard InChI is InChI=1S/C13H23N3O2S/c1-4-7-16(5-2)8-6-15-11-9-10(14)12(19-11)13(17)18-3/h9,15H,4-8,14H2,1-3H3. The first kappa shape index (κ1) is 15.8. The maximum atomic E-state index is 11.4. The van der Waals surface area contributed by atoms with Crippen molar-refractivity contribution in [3.63, 3.8) is 0 Å². The first-order valence-electron chi connectivity index (χ1n) is 6.56. The Bertz CT molecular complexity index is 407. The topological polar surface area (TPSA) is 67.6 Å². The van der Waals surface area contributed by atoms with Crippen molar-refractivity contribution in [1.29, 1.82) is 0 Å². The number of likely N-dealkylation sites (N-methyl/N-ethyl adjacent to an activating group) is 1. The highest BCUT2D eigenvalue weighted by molar-refractivity contribution is 7.18. The molecule has 0 unspecified atom stereocenters. The number of carbonyl (C=O) groups excluding carboxylic acids is 1. The summed E-state index contributed by atoms with van der Waals surface area (Å²) >= 11 is 1.34. The molecule has 0 bridgehead atoms. The fourth-order valence-electron chi connectivity index (χ4n) is 1.83. The van der Waals surface area contributed by atoms with Crippen LogP contribution in [0.2, 0.25) is 0 Å². The molecule has 0 aliphatic rings. The van der Waals surface area contributed by atoms with Crippen LogP contribution in [-0.2, 0) is 4.74 Å². The monoisotopic (exact) mass is 285 g/mol. The zero-order valence-corrected chi connectivity index (χ0v) is 12.7. The van der Waals surface area contributed by atoms with Gasteiger partial charge in [-0.2, -0.15) is 0 Å². The van der Waals surface area contributed by atoms with E-state index >= 15 is 0 Å². The molecule has 0 saturated carbocycles. The van der Waals surface area contributed by atoms with Crippen LogP contribution in [0.4, 0.5) is 10.7 Å². The van der Waals surface area contributed by atoms with Crippen LogP contribution >= 0.6 is 11.3 Å². The average molecular weight is 285 g/mol. The van der Waals surface area contributed by atoms with Crippen molar-refractivity contribution in [3.8, 4) is 0 Å². The zero-order valence-electron chi connectivity index (χ0n) is 11.9. The molecular weight excluding hydrogens is 262 g/mol. The van der Waals surface area contributed by atoms with Crippen molar-refractivity contribution in [3.05, 3.63) is 10.9 Å². The van der Waals surface area contributed by atoms with Crippen LogP contribution in [0.3, 0.4) is 0 Å². The molecule has 0 fully saturated rings. The van der Waals surface area contributed by atoms with E-state index in [-0.39, 0.29) is 5.97 Å². The Balaban J connectivity index is 2.47. The molecule has 1 rings (SSSR count). The number of ether oxygens (including phenoxy) is 1. The summed E-state index contributed by atoms with van der Waals surface area (Å²) in [6.45, 7) is 8.32. The third kappa shape index (κ3) is 4.72. The molecule has 6 heteroatoms. The summed E-state index contributed by atoms with van der Waals surface area (Å²) < 4.78 is 4.68. The third-order valence-corrected chi connectivity index (χ3v) is 3.93. The number of nitrogen functional groups attached to an aromatic ring is 1. The quantitative estimate of drug-likeness (QED) is 0.717. The molecule has 0 saturated heterocycles. The van der Waals surface area contributed by atoms with Crippen LogP contribution in [0.5, 0.6) is 0 Å². The molecule has 1 aromatic rings. The van der Waals surface area contributed by atoms with Gasteiger partial charge in [-0.15, -0.1) is 11.3 Å². The Kier molecular flexibility index (Phi) is 6.66. The normalized spacial score (nSPS) is 10.7. The van der Waals surface area contributed by atoms with Gasteiger partial charge in [-0.05, 0) is 25.6 Å². The summed E-state index contributed by atoms with van der Waals surface area (Å²) in [5.74, 6) is -0.378. The van der Waals surface area contributed by atoms with E-state index in [1.54, 1.807) is 6.07 Å². The third-order valence-electron chi connectivity index (χ3n) is 2.85. The van der Waals surface area contributed by atoms with Crippen molar-refractivity contribution in [2.24, 2.45) is 0 Å². The highest BCUT2D eigenvalue weighted by atomic mass is 32.1. The van der Waals surface area contributed by atoms with E-state index in [0.717, 1.165) is 37.6 Å². The molecule has 19 heavy (non-hydrogen) atoms. The minimum atomic E-state index is -0.378. The average Bonchev–Trinajstić information content (AvgIpc) is 2.78. The lowest BCUT2D eigenvalue weighted by molar-refractivity contribution is 0.0607. The number of esters is 1. The summed E-state index contributed by atoms with van der Waals surface area (Å²) in [7, 11) is 1.36. The molecule has 0 aliphatic heterocycles. The molecule has 0 aromatic carbocycles. The van der Waals surface area contributed by atoms with Gasteiger partial charge < -0.3 is 20.7 Å². The summed E-state index contributed by atoms with van der Waals surface area (Å²) in [6, 6.07) is 1.78. The van der Waals surface area contributed by atoms with Crippen molar-refractivity contribution in [1.82, 2.24) is 4.90 Å². The first-order chi connectivity index (χ1) is 9.12. The maximum Gasteiger partial charge on any atom is 0.350 e. The summed E-state index contributed by atoms with van der Waals surface area (Å²) in [5.41, 5.74) is 6.25.